The number of benzene rings is 2. The number of halogens is 4. The molecular formula is C32H29ClF3N3O7. The number of para-hydroxylation sites is 2. The second kappa shape index (κ2) is 15.4. The summed E-state index contributed by atoms with van der Waals surface area (Å²) in [6, 6.07) is 13.1. The molecule has 1 heterocycles. The Balaban J connectivity index is 1.37. The number of hydrogen-bond acceptors (Lipinski definition) is 9. The first kappa shape index (κ1) is 34.1. The Morgan fingerprint density at radius 1 is 1.04 bits per heavy atom. The molecule has 0 N–H and O–H groups in total. The maximum atomic E-state index is 13.5. The van der Waals surface area contributed by atoms with Crippen LogP contribution >= 0.6 is 11.6 Å². The zero-order valence-electron chi connectivity index (χ0n) is 24.6. The number of hydrogen-bond donors (Lipinski definition) is 0. The number of rotatable bonds is 10. The van der Waals surface area contributed by atoms with Crippen LogP contribution < -0.4 is 9.64 Å². The van der Waals surface area contributed by atoms with E-state index in [1.807, 2.05) is 0 Å². The molecule has 1 aliphatic rings. The average Bonchev–Trinajstić information content (AvgIpc) is 3.04. The van der Waals surface area contributed by atoms with Gasteiger partial charge in [0.1, 0.15) is 17.5 Å². The number of nitrogens with zero attached hydrogens (tertiary/aromatic N) is 3. The summed E-state index contributed by atoms with van der Waals surface area (Å²) in [5.74, 6) is -0.939. The van der Waals surface area contributed by atoms with Crippen LogP contribution in [0, 0.1) is 11.3 Å². The molecule has 0 bridgehead atoms. The van der Waals surface area contributed by atoms with Crippen molar-refractivity contribution in [3.63, 3.8) is 0 Å². The quantitative estimate of drug-likeness (QED) is 0.162. The Morgan fingerprint density at radius 3 is 2.50 bits per heavy atom. The monoisotopic (exact) mass is 659 g/mol. The molecule has 0 aliphatic heterocycles. The molecule has 0 saturated heterocycles. The summed E-state index contributed by atoms with van der Waals surface area (Å²) < 4.78 is 60.0. The number of anilines is 1. The lowest BCUT2D eigenvalue weighted by Crippen LogP contribution is -2.27. The highest BCUT2D eigenvalue weighted by Gasteiger charge is 2.33. The normalized spacial score (nSPS) is 13.3. The highest BCUT2D eigenvalue weighted by Crippen LogP contribution is 2.35. The summed E-state index contributed by atoms with van der Waals surface area (Å²) in [6.45, 7) is -0.715. The van der Waals surface area contributed by atoms with E-state index in [-0.39, 0.29) is 52.2 Å². The van der Waals surface area contributed by atoms with Crippen LogP contribution in [0.4, 0.5) is 23.7 Å². The topological polar surface area (TPSA) is 128 Å². The Bertz CT molecular complexity index is 1620. The molecule has 1 amide bonds. The molecule has 10 nitrogen and oxygen atoms in total. The number of alkyl halides is 3. The fourth-order valence-corrected chi connectivity index (χ4v) is 4.97. The second-order valence-electron chi connectivity index (χ2n) is 10.3. The number of aromatic nitrogens is 1. The van der Waals surface area contributed by atoms with E-state index in [1.165, 1.54) is 30.1 Å². The van der Waals surface area contributed by atoms with Crippen LogP contribution in [0.5, 0.6) is 5.75 Å². The third kappa shape index (κ3) is 8.88. The van der Waals surface area contributed by atoms with Crippen LogP contribution in [0.1, 0.15) is 60.1 Å². The molecule has 2 aromatic carbocycles. The van der Waals surface area contributed by atoms with E-state index in [1.54, 1.807) is 30.3 Å². The molecule has 1 fully saturated rings. The van der Waals surface area contributed by atoms with Crippen LogP contribution in [0.2, 0.25) is 5.02 Å². The molecule has 242 valence electrons. The first-order chi connectivity index (χ1) is 22.0. The molecule has 0 atom stereocenters. The molecule has 4 rings (SSSR count). The van der Waals surface area contributed by atoms with Gasteiger partial charge in [0, 0.05) is 35.0 Å². The number of nitriles is 1. The summed E-state index contributed by atoms with van der Waals surface area (Å²) >= 11 is 6.31. The lowest BCUT2D eigenvalue weighted by Gasteiger charge is -2.21. The summed E-state index contributed by atoms with van der Waals surface area (Å²) in [6.07, 6.45) is -0.504. The van der Waals surface area contributed by atoms with Gasteiger partial charge in [-0.3, -0.25) is 14.6 Å². The smallest absolute Gasteiger partial charge is 0.491 e. The summed E-state index contributed by atoms with van der Waals surface area (Å²) in [5, 5.41) is 9.60. The number of amides is 1. The first-order valence-electron chi connectivity index (χ1n) is 14.2. The van der Waals surface area contributed by atoms with Crippen molar-refractivity contribution in [3.8, 4) is 22.9 Å². The third-order valence-corrected chi connectivity index (χ3v) is 7.45. The Morgan fingerprint density at radius 2 is 1.78 bits per heavy atom. The van der Waals surface area contributed by atoms with E-state index in [9.17, 15) is 32.8 Å². The third-order valence-electron chi connectivity index (χ3n) is 7.13. The van der Waals surface area contributed by atoms with Crippen LogP contribution in [-0.2, 0) is 25.2 Å². The lowest BCUT2D eigenvalue weighted by atomic mass is 9.98. The molecule has 1 aliphatic carbocycles. The fraction of sp³-hybridized carbons (Fsp3) is 0.344. The van der Waals surface area contributed by atoms with E-state index in [0.29, 0.717) is 11.8 Å². The van der Waals surface area contributed by atoms with Crippen LogP contribution in [0.15, 0.2) is 54.7 Å². The average molecular weight is 660 g/mol. The van der Waals surface area contributed by atoms with Gasteiger partial charge in [-0.15, -0.1) is 0 Å². The molecule has 0 spiro atoms. The molecular weight excluding hydrogens is 631 g/mol. The van der Waals surface area contributed by atoms with Crippen LogP contribution in [0.3, 0.4) is 0 Å². The molecule has 14 heteroatoms. The van der Waals surface area contributed by atoms with Crippen molar-refractivity contribution in [3.05, 3.63) is 76.6 Å². The van der Waals surface area contributed by atoms with Crippen molar-refractivity contribution in [2.24, 2.45) is 0 Å². The van der Waals surface area contributed by atoms with Crippen molar-refractivity contribution in [2.45, 2.75) is 50.8 Å². The van der Waals surface area contributed by atoms with Gasteiger partial charge in [0.15, 0.2) is 0 Å². The maximum Gasteiger partial charge on any atom is 0.511 e. The van der Waals surface area contributed by atoms with E-state index in [4.69, 9.17) is 30.5 Å². The lowest BCUT2D eigenvalue weighted by molar-refractivity contribution is -0.154. The van der Waals surface area contributed by atoms with Gasteiger partial charge < -0.3 is 23.8 Å². The molecule has 1 aromatic heterocycles. The molecule has 3 aromatic rings. The standard InChI is InChI=1S/C32H29ClF3N3O7/c1-39(30(41)20-11-12-25(33)23(15-20)24-18-38-28(32(34,35)36)16-21(24)17-37)26-9-5-6-10-27(26)43-14-13-29(40)44-19-45-31(42)46-22-7-3-2-4-8-22/h5-6,9-12,15-16,18,22H,2-4,7-8,13-14,19H2,1H3. The van der Waals surface area contributed by atoms with E-state index < -0.39 is 36.7 Å². The molecule has 46 heavy (non-hydrogen) atoms. The van der Waals surface area contributed by atoms with Crippen molar-refractivity contribution in [1.82, 2.24) is 4.98 Å². The summed E-state index contributed by atoms with van der Waals surface area (Å²) in [7, 11) is 1.48. The fourth-order valence-electron chi connectivity index (χ4n) is 4.75. The SMILES string of the molecule is CN(C(=O)c1ccc(Cl)c(-c2cnc(C(F)(F)F)cc2C#N)c1)c1ccccc1OCCC(=O)OCOC(=O)OC1CCCCC1. The van der Waals surface area contributed by atoms with Crippen molar-refractivity contribution < 1.29 is 46.5 Å². The van der Waals surface area contributed by atoms with Gasteiger partial charge in [0.25, 0.3) is 5.91 Å². The van der Waals surface area contributed by atoms with Gasteiger partial charge in [-0.1, -0.05) is 30.2 Å². The zero-order valence-corrected chi connectivity index (χ0v) is 25.4. The molecule has 1 saturated carbocycles. The zero-order chi connectivity index (χ0) is 33.3. The number of pyridine rings is 1. The minimum absolute atomic E-state index is 0.0277. The summed E-state index contributed by atoms with van der Waals surface area (Å²) in [5.41, 5.74) is -0.909. The minimum Gasteiger partial charge on any atom is -0.491 e. The highest BCUT2D eigenvalue weighted by molar-refractivity contribution is 6.33. The van der Waals surface area contributed by atoms with Gasteiger partial charge in [0.2, 0.25) is 6.79 Å². The maximum absolute atomic E-state index is 13.5. The van der Waals surface area contributed by atoms with Gasteiger partial charge in [-0.2, -0.15) is 18.4 Å². The predicted molar refractivity (Wildman–Crippen MR) is 159 cm³/mol. The largest absolute Gasteiger partial charge is 0.511 e. The van der Waals surface area contributed by atoms with E-state index in [2.05, 4.69) is 4.98 Å². The second-order valence-corrected chi connectivity index (χ2v) is 10.7. The van der Waals surface area contributed by atoms with Crippen molar-refractivity contribution in [2.75, 3.05) is 25.3 Å². The number of carbonyl (C=O) groups is 3. The molecule has 0 radical (unpaired) electrons. The van der Waals surface area contributed by atoms with Gasteiger partial charge in [0.05, 0.1) is 30.3 Å². The first-order valence-corrected chi connectivity index (χ1v) is 14.6. The van der Waals surface area contributed by atoms with Crippen LogP contribution in [0.25, 0.3) is 11.1 Å². The van der Waals surface area contributed by atoms with Crippen molar-refractivity contribution >= 4 is 35.3 Å². The molecule has 0 unspecified atom stereocenters. The Kier molecular flexibility index (Phi) is 11.4. The summed E-state index contributed by atoms with van der Waals surface area (Å²) in [4.78, 5) is 42.1. The Labute approximate surface area is 267 Å². The van der Waals surface area contributed by atoms with E-state index >= 15 is 0 Å². The number of ether oxygens (including phenoxy) is 4. The number of esters is 1. The Hall–Kier alpha value is -4.83. The van der Waals surface area contributed by atoms with Gasteiger partial charge >= 0.3 is 18.3 Å². The number of carbonyl (C=O) groups excluding carboxylic acids is 3. The van der Waals surface area contributed by atoms with Gasteiger partial charge in [-0.25, -0.2) is 4.79 Å². The van der Waals surface area contributed by atoms with Crippen molar-refractivity contribution in [1.29, 1.82) is 5.26 Å². The predicted octanol–water partition coefficient (Wildman–Crippen LogP) is 7.32. The highest BCUT2D eigenvalue weighted by atomic mass is 35.5. The van der Waals surface area contributed by atoms with Crippen LogP contribution in [-0.4, -0.2) is 49.6 Å². The van der Waals surface area contributed by atoms with Gasteiger partial charge in [-0.05, 0) is 62.1 Å². The minimum atomic E-state index is -4.75. The van der Waals surface area contributed by atoms with E-state index in [0.717, 1.165) is 38.3 Å².